The molecule has 0 N–H and O–H groups in total. The van der Waals surface area contributed by atoms with Gasteiger partial charge >= 0.3 is 0 Å². The van der Waals surface area contributed by atoms with Crippen LogP contribution in [0.4, 0.5) is 8.78 Å². The molecule has 0 saturated carbocycles. The van der Waals surface area contributed by atoms with Crippen molar-refractivity contribution in [1.29, 1.82) is 0 Å². The summed E-state index contributed by atoms with van der Waals surface area (Å²) in [5, 5.41) is 0. The molecule has 1 aliphatic carbocycles. The van der Waals surface area contributed by atoms with Gasteiger partial charge in [-0.2, -0.15) is 0 Å². The van der Waals surface area contributed by atoms with E-state index < -0.39 is 0 Å². The highest BCUT2D eigenvalue weighted by atomic mass is 19.1. The first-order valence-electron chi connectivity index (χ1n) is 7.41. The summed E-state index contributed by atoms with van der Waals surface area (Å²) in [6.07, 6.45) is 7.27. The Morgan fingerprint density at radius 3 is 2.85 bits per heavy atom. The molecular weight excluding hydrogens is 258 g/mol. The zero-order valence-electron chi connectivity index (χ0n) is 12.2. The molecule has 110 valence electrons. The predicted molar refractivity (Wildman–Crippen MR) is 77.7 cm³/mol. The number of rotatable bonds is 5. The average molecular weight is 280 g/mol. The molecule has 3 heteroatoms. The molecule has 0 bridgehead atoms. The van der Waals surface area contributed by atoms with Crippen LogP contribution >= 0.6 is 0 Å². The molecule has 0 radical (unpaired) electrons. The van der Waals surface area contributed by atoms with Crippen LogP contribution in [0, 0.1) is 11.6 Å². The van der Waals surface area contributed by atoms with Crippen molar-refractivity contribution in [2.75, 3.05) is 6.61 Å². The van der Waals surface area contributed by atoms with Crippen molar-refractivity contribution in [2.24, 2.45) is 0 Å². The van der Waals surface area contributed by atoms with Crippen LogP contribution in [-0.4, -0.2) is 12.7 Å². The minimum absolute atomic E-state index is 0.0236. The molecule has 0 fully saturated rings. The summed E-state index contributed by atoms with van der Waals surface area (Å²) in [5.41, 5.74) is 1.38. The van der Waals surface area contributed by atoms with Crippen LogP contribution < -0.4 is 0 Å². The summed E-state index contributed by atoms with van der Waals surface area (Å²) < 4.78 is 34.2. The van der Waals surface area contributed by atoms with E-state index in [1.165, 1.54) is 6.07 Å². The lowest BCUT2D eigenvalue weighted by atomic mass is 9.87. The number of unbranched alkanes of at least 4 members (excludes halogenated alkanes) is 1. The molecule has 1 unspecified atom stereocenters. The molecule has 0 aromatic heterocycles. The quantitative estimate of drug-likeness (QED) is 0.712. The summed E-state index contributed by atoms with van der Waals surface area (Å²) >= 11 is 0. The van der Waals surface area contributed by atoms with E-state index in [-0.39, 0.29) is 17.7 Å². The van der Waals surface area contributed by atoms with Gasteiger partial charge < -0.3 is 4.74 Å². The molecule has 1 atom stereocenters. The van der Waals surface area contributed by atoms with Crippen LogP contribution in [0.1, 0.15) is 49.8 Å². The van der Waals surface area contributed by atoms with Gasteiger partial charge in [-0.25, -0.2) is 8.78 Å². The maximum Gasteiger partial charge on any atom is 0.134 e. The van der Waals surface area contributed by atoms with Crippen molar-refractivity contribution in [3.05, 3.63) is 40.5 Å². The Hall–Kier alpha value is -1.22. The van der Waals surface area contributed by atoms with Crippen molar-refractivity contribution >= 4 is 6.08 Å². The van der Waals surface area contributed by atoms with Crippen LogP contribution in [0.2, 0.25) is 0 Å². The van der Waals surface area contributed by atoms with Gasteiger partial charge in [-0.3, -0.25) is 0 Å². The fraction of sp³-hybridized carbons (Fsp3) is 0.529. The Labute approximate surface area is 119 Å². The Morgan fingerprint density at radius 2 is 2.15 bits per heavy atom. The monoisotopic (exact) mass is 280 g/mol. The molecule has 1 aromatic rings. The van der Waals surface area contributed by atoms with Crippen molar-refractivity contribution in [3.8, 4) is 0 Å². The number of hydrogen-bond donors (Lipinski definition) is 0. The van der Waals surface area contributed by atoms with Gasteiger partial charge in [0.05, 0.1) is 6.10 Å². The van der Waals surface area contributed by atoms with E-state index >= 15 is 0 Å². The Kier molecular flexibility index (Phi) is 5.30. The lowest BCUT2D eigenvalue weighted by Gasteiger charge is -2.26. The molecule has 2 rings (SSSR count). The van der Waals surface area contributed by atoms with Crippen LogP contribution in [0.15, 0.2) is 12.1 Å². The lowest BCUT2D eigenvalue weighted by molar-refractivity contribution is 0.0414. The smallest absolute Gasteiger partial charge is 0.134 e. The molecule has 0 spiro atoms. The van der Waals surface area contributed by atoms with E-state index in [2.05, 4.69) is 6.92 Å². The van der Waals surface area contributed by atoms with E-state index in [4.69, 9.17) is 4.74 Å². The molecule has 1 nitrogen and oxygen atoms in total. The third-order valence-corrected chi connectivity index (χ3v) is 3.80. The standard InChI is InChI=1S/C17H22F2O/c1-3-5-9-20-13-7-8-14-15(11-13)16(18)10-12(6-4-2)17(14)19/h4,6,10,13H,3,5,7-9,11H2,1-2H3. The predicted octanol–water partition coefficient (Wildman–Crippen LogP) is 4.67. The fourth-order valence-corrected chi connectivity index (χ4v) is 2.69. The lowest BCUT2D eigenvalue weighted by Crippen LogP contribution is -2.25. The highest BCUT2D eigenvalue weighted by Gasteiger charge is 2.25. The molecular formula is C17H22F2O. The molecule has 0 heterocycles. The summed E-state index contributed by atoms with van der Waals surface area (Å²) in [6, 6.07) is 1.29. The minimum Gasteiger partial charge on any atom is -0.378 e. The molecule has 0 saturated heterocycles. The Morgan fingerprint density at radius 1 is 1.35 bits per heavy atom. The zero-order chi connectivity index (χ0) is 14.5. The van der Waals surface area contributed by atoms with Crippen LogP contribution in [0.3, 0.4) is 0 Å². The molecule has 20 heavy (non-hydrogen) atoms. The summed E-state index contributed by atoms with van der Waals surface area (Å²) in [5.74, 6) is -0.579. The highest BCUT2D eigenvalue weighted by molar-refractivity contribution is 5.53. The first-order valence-corrected chi connectivity index (χ1v) is 7.41. The third-order valence-electron chi connectivity index (χ3n) is 3.80. The number of allylic oxidation sites excluding steroid dienone is 1. The minimum atomic E-state index is -0.307. The van der Waals surface area contributed by atoms with Crippen LogP contribution in [-0.2, 0) is 17.6 Å². The van der Waals surface area contributed by atoms with Gasteiger partial charge in [-0.05, 0) is 43.4 Å². The maximum absolute atomic E-state index is 14.3. The summed E-state index contributed by atoms with van der Waals surface area (Å²) in [6.45, 7) is 4.61. The van der Waals surface area contributed by atoms with E-state index in [1.54, 1.807) is 19.1 Å². The first-order chi connectivity index (χ1) is 9.67. The summed E-state index contributed by atoms with van der Waals surface area (Å²) in [4.78, 5) is 0. The second-order valence-electron chi connectivity index (χ2n) is 5.31. The van der Waals surface area contributed by atoms with Gasteiger partial charge in [0.1, 0.15) is 11.6 Å². The van der Waals surface area contributed by atoms with Gasteiger partial charge in [0.15, 0.2) is 0 Å². The normalized spacial score (nSPS) is 18.5. The van der Waals surface area contributed by atoms with E-state index in [0.717, 1.165) is 19.3 Å². The topological polar surface area (TPSA) is 9.23 Å². The molecule has 0 amide bonds. The third kappa shape index (κ3) is 3.26. The zero-order valence-corrected chi connectivity index (χ0v) is 12.2. The fourth-order valence-electron chi connectivity index (χ4n) is 2.69. The molecule has 1 aliphatic rings. The SMILES string of the molecule is CC=Cc1cc(F)c2c(c1F)CCC(OCCCC)C2. The number of halogens is 2. The Balaban J connectivity index is 2.18. The number of hydrogen-bond acceptors (Lipinski definition) is 1. The average Bonchev–Trinajstić information content (AvgIpc) is 2.45. The van der Waals surface area contributed by atoms with Gasteiger partial charge in [-0.1, -0.05) is 25.5 Å². The largest absolute Gasteiger partial charge is 0.378 e. The number of fused-ring (bicyclic) bond motifs is 1. The van der Waals surface area contributed by atoms with Crippen molar-refractivity contribution in [3.63, 3.8) is 0 Å². The maximum atomic E-state index is 14.3. The van der Waals surface area contributed by atoms with E-state index in [9.17, 15) is 8.78 Å². The first kappa shape index (κ1) is 15.2. The van der Waals surface area contributed by atoms with Crippen molar-refractivity contribution in [2.45, 2.75) is 52.1 Å². The van der Waals surface area contributed by atoms with Crippen LogP contribution in [0.5, 0.6) is 0 Å². The summed E-state index contributed by atoms with van der Waals surface area (Å²) in [7, 11) is 0. The molecule has 0 aliphatic heterocycles. The van der Waals surface area contributed by atoms with Gasteiger partial charge in [-0.15, -0.1) is 0 Å². The van der Waals surface area contributed by atoms with Crippen molar-refractivity contribution in [1.82, 2.24) is 0 Å². The number of ether oxygens (including phenoxy) is 1. The van der Waals surface area contributed by atoms with Gasteiger partial charge in [0.25, 0.3) is 0 Å². The second-order valence-corrected chi connectivity index (χ2v) is 5.31. The van der Waals surface area contributed by atoms with E-state index in [1.807, 2.05) is 0 Å². The van der Waals surface area contributed by atoms with Crippen LogP contribution in [0.25, 0.3) is 6.08 Å². The Bertz CT molecular complexity index is 494. The highest BCUT2D eigenvalue weighted by Crippen LogP contribution is 2.30. The second kappa shape index (κ2) is 6.98. The van der Waals surface area contributed by atoms with Crippen molar-refractivity contribution < 1.29 is 13.5 Å². The van der Waals surface area contributed by atoms with Gasteiger partial charge in [0, 0.05) is 18.6 Å². The molecule has 1 aromatic carbocycles. The van der Waals surface area contributed by atoms with E-state index in [0.29, 0.717) is 36.1 Å². The van der Waals surface area contributed by atoms with Gasteiger partial charge in [0.2, 0.25) is 0 Å². The number of benzene rings is 1.